The molecule has 0 saturated heterocycles. The number of rotatable bonds is 5. The molecule has 1 aromatic heterocycles. The molecule has 2 N–H and O–H groups in total. The van der Waals surface area contributed by atoms with Gasteiger partial charge in [-0.3, -0.25) is 4.79 Å². The van der Waals surface area contributed by atoms with Gasteiger partial charge in [0.25, 0.3) is 0 Å². The van der Waals surface area contributed by atoms with Crippen molar-refractivity contribution >= 4 is 21.6 Å². The van der Waals surface area contributed by atoms with E-state index in [1.54, 1.807) is 49.4 Å². The normalized spacial score (nSPS) is 19.9. The summed E-state index contributed by atoms with van der Waals surface area (Å²) >= 11 is 0. The van der Waals surface area contributed by atoms with Crippen molar-refractivity contribution in [3.05, 3.63) is 83.8 Å². The Morgan fingerprint density at radius 3 is 2.43 bits per heavy atom. The number of carbonyl (C=O) groups excluding carboxylic acids is 1. The molecular weight excluding hydrogens is 376 g/mol. The van der Waals surface area contributed by atoms with Crippen molar-refractivity contribution in [2.45, 2.75) is 30.2 Å². The largest absolute Gasteiger partial charge is 0.468 e. The van der Waals surface area contributed by atoms with Gasteiger partial charge in [0.05, 0.1) is 22.6 Å². The number of fused-ring (bicyclic) bond motifs is 1. The average molecular weight is 396 g/mol. The molecule has 0 spiro atoms. The standard InChI is InChI=1S/C21H20N2O4S/c1-14-9-11-15(12-10-14)28(25,26)23-19(18-8-5-13-27-18)21(2)16-6-3-4-7-17(16)22-20(21)24/h3-13,19,23H,1-2H3,(H,22,24)/t19-,21-/m0/s1. The predicted molar refractivity (Wildman–Crippen MR) is 105 cm³/mol. The molecule has 1 aliphatic heterocycles. The molecule has 2 atom stereocenters. The Kier molecular flexibility index (Phi) is 4.36. The highest BCUT2D eigenvalue weighted by Gasteiger charge is 2.51. The lowest BCUT2D eigenvalue weighted by molar-refractivity contribution is -0.121. The molecule has 4 rings (SSSR count). The second kappa shape index (κ2) is 6.61. The molecule has 0 radical (unpaired) electrons. The summed E-state index contributed by atoms with van der Waals surface area (Å²) in [5, 5.41) is 2.85. The van der Waals surface area contributed by atoms with Crippen molar-refractivity contribution in [1.29, 1.82) is 0 Å². The molecular formula is C21H20N2O4S. The minimum atomic E-state index is -3.89. The van der Waals surface area contributed by atoms with Crippen LogP contribution in [-0.4, -0.2) is 14.3 Å². The summed E-state index contributed by atoms with van der Waals surface area (Å²) in [7, 11) is -3.89. The molecule has 0 bridgehead atoms. The van der Waals surface area contributed by atoms with Crippen LogP contribution in [0.2, 0.25) is 0 Å². The molecule has 0 fully saturated rings. The molecule has 1 aliphatic rings. The van der Waals surface area contributed by atoms with Crippen LogP contribution in [0.5, 0.6) is 0 Å². The molecule has 7 heteroatoms. The van der Waals surface area contributed by atoms with Gasteiger partial charge in [0.15, 0.2) is 0 Å². The summed E-state index contributed by atoms with van der Waals surface area (Å²) in [6.45, 7) is 3.61. The lowest BCUT2D eigenvalue weighted by atomic mass is 9.76. The predicted octanol–water partition coefficient (Wildman–Crippen LogP) is 3.52. The van der Waals surface area contributed by atoms with Gasteiger partial charge in [0, 0.05) is 5.69 Å². The van der Waals surface area contributed by atoms with Crippen LogP contribution in [0.3, 0.4) is 0 Å². The first-order valence-corrected chi connectivity index (χ1v) is 10.3. The Morgan fingerprint density at radius 1 is 1.04 bits per heavy atom. The quantitative estimate of drug-likeness (QED) is 0.691. The molecule has 0 saturated carbocycles. The van der Waals surface area contributed by atoms with Crippen molar-refractivity contribution in [2.75, 3.05) is 5.32 Å². The highest BCUT2D eigenvalue weighted by molar-refractivity contribution is 7.89. The lowest BCUT2D eigenvalue weighted by Crippen LogP contribution is -2.46. The topological polar surface area (TPSA) is 88.4 Å². The van der Waals surface area contributed by atoms with Crippen molar-refractivity contribution in [3.8, 4) is 0 Å². The van der Waals surface area contributed by atoms with Crippen molar-refractivity contribution in [3.63, 3.8) is 0 Å². The van der Waals surface area contributed by atoms with E-state index in [2.05, 4.69) is 10.0 Å². The lowest BCUT2D eigenvalue weighted by Gasteiger charge is -2.31. The SMILES string of the molecule is Cc1ccc(S(=O)(=O)N[C@@H](c2ccco2)[C@@]2(C)C(=O)Nc3ccccc32)cc1. The van der Waals surface area contributed by atoms with Crippen LogP contribution in [0.25, 0.3) is 0 Å². The number of benzene rings is 2. The Balaban J connectivity index is 1.82. The minimum absolute atomic E-state index is 0.130. The number of nitrogens with one attached hydrogen (secondary N) is 2. The fourth-order valence-electron chi connectivity index (χ4n) is 3.56. The zero-order chi connectivity index (χ0) is 19.9. The van der Waals surface area contributed by atoms with Crippen LogP contribution in [0, 0.1) is 6.92 Å². The Labute approximate surface area is 163 Å². The number of aryl methyl sites for hydroxylation is 1. The summed E-state index contributed by atoms with van der Waals surface area (Å²) in [5.41, 5.74) is 1.17. The summed E-state index contributed by atoms with van der Waals surface area (Å²) in [5.74, 6) is 0.0757. The fraction of sp³-hybridized carbons (Fsp3) is 0.190. The van der Waals surface area contributed by atoms with Gasteiger partial charge < -0.3 is 9.73 Å². The third-order valence-electron chi connectivity index (χ3n) is 5.22. The van der Waals surface area contributed by atoms with Gasteiger partial charge in [-0.25, -0.2) is 8.42 Å². The maximum Gasteiger partial charge on any atom is 0.241 e. The molecule has 6 nitrogen and oxygen atoms in total. The maximum absolute atomic E-state index is 13.1. The number of carbonyl (C=O) groups is 1. The number of hydrogen-bond donors (Lipinski definition) is 2. The number of furan rings is 1. The molecule has 2 aromatic carbocycles. The van der Waals surface area contributed by atoms with Crippen molar-refractivity contribution in [1.82, 2.24) is 4.72 Å². The van der Waals surface area contributed by atoms with Crippen molar-refractivity contribution in [2.24, 2.45) is 0 Å². The van der Waals surface area contributed by atoms with Gasteiger partial charge in [0.2, 0.25) is 15.9 Å². The van der Waals surface area contributed by atoms with Gasteiger partial charge >= 0.3 is 0 Å². The molecule has 144 valence electrons. The number of hydrogen-bond acceptors (Lipinski definition) is 4. The van der Waals surface area contributed by atoms with Gasteiger partial charge in [-0.2, -0.15) is 4.72 Å². The smallest absolute Gasteiger partial charge is 0.241 e. The Bertz CT molecular complexity index is 1120. The van der Waals surface area contributed by atoms with Crippen LogP contribution < -0.4 is 10.0 Å². The summed E-state index contributed by atoms with van der Waals surface area (Å²) < 4.78 is 34.4. The first-order chi connectivity index (χ1) is 13.3. The molecule has 0 unspecified atom stereocenters. The number of para-hydroxylation sites is 1. The van der Waals surface area contributed by atoms with E-state index < -0.39 is 21.5 Å². The summed E-state index contributed by atoms with van der Waals surface area (Å²) in [4.78, 5) is 13.1. The number of sulfonamides is 1. The molecule has 3 aromatic rings. The highest BCUT2D eigenvalue weighted by atomic mass is 32.2. The van der Waals surface area contributed by atoms with Crippen LogP contribution >= 0.6 is 0 Å². The third kappa shape index (κ3) is 2.93. The summed E-state index contributed by atoms with van der Waals surface area (Å²) in [6.07, 6.45) is 1.46. The first-order valence-electron chi connectivity index (χ1n) is 8.86. The van der Waals surface area contributed by atoms with Gasteiger partial charge in [0.1, 0.15) is 5.76 Å². The summed E-state index contributed by atoms with van der Waals surface area (Å²) in [6, 6.07) is 16.2. The van der Waals surface area contributed by atoms with Crippen LogP contribution in [0.15, 0.2) is 76.2 Å². The van der Waals surface area contributed by atoms with Crippen LogP contribution in [0.4, 0.5) is 5.69 Å². The van der Waals surface area contributed by atoms with E-state index in [1.807, 2.05) is 25.1 Å². The van der Waals surface area contributed by atoms with E-state index in [0.29, 0.717) is 17.0 Å². The maximum atomic E-state index is 13.1. The van der Waals surface area contributed by atoms with Crippen LogP contribution in [0.1, 0.15) is 29.9 Å². The Hall–Kier alpha value is -2.90. The van der Waals surface area contributed by atoms with Gasteiger partial charge in [-0.05, 0) is 49.7 Å². The number of anilines is 1. The van der Waals surface area contributed by atoms with E-state index in [1.165, 1.54) is 6.26 Å². The van der Waals surface area contributed by atoms with E-state index >= 15 is 0 Å². The van der Waals surface area contributed by atoms with Gasteiger partial charge in [-0.15, -0.1) is 0 Å². The minimum Gasteiger partial charge on any atom is -0.468 e. The number of amides is 1. The van der Waals surface area contributed by atoms with E-state index in [0.717, 1.165) is 5.56 Å². The first kappa shape index (κ1) is 18.5. The van der Waals surface area contributed by atoms with E-state index in [4.69, 9.17) is 4.42 Å². The second-order valence-electron chi connectivity index (χ2n) is 7.08. The van der Waals surface area contributed by atoms with E-state index in [-0.39, 0.29) is 10.8 Å². The molecule has 28 heavy (non-hydrogen) atoms. The average Bonchev–Trinajstić information content (AvgIpc) is 3.28. The van der Waals surface area contributed by atoms with Gasteiger partial charge in [-0.1, -0.05) is 35.9 Å². The van der Waals surface area contributed by atoms with Crippen molar-refractivity contribution < 1.29 is 17.6 Å². The van der Waals surface area contributed by atoms with E-state index in [9.17, 15) is 13.2 Å². The zero-order valence-corrected chi connectivity index (χ0v) is 16.3. The third-order valence-corrected chi connectivity index (χ3v) is 6.65. The zero-order valence-electron chi connectivity index (χ0n) is 15.5. The fourth-order valence-corrected chi connectivity index (χ4v) is 4.86. The van der Waals surface area contributed by atoms with Crippen LogP contribution in [-0.2, 0) is 20.2 Å². The Morgan fingerprint density at radius 2 is 1.75 bits per heavy atom. The monoisotopic (exact) mass is 396 g/mol. The highest BCUT2D eigenvalue weighted by Crippen LogP contribution is 2.46. The molecule has 0 aliphatic carbocycles. The molecule has 2 heterocycles. The second-order valence-corrected chi connectivity index (χ2v) is 8.80. The molecule has 1 amide bonds.